The number of rotatable bonds is 0. The van der Waals surface area contributed by atoms with Crippen LogP contribution in [0.4, 0.5) is 0 Å². The summed E-state index contributed by atoms with van der Waals surface area (Å²) in [6, 6.07) is 42.1. The maximum absolute atomic E-state index is 8.63. The normalized spacial score (nSPS) is 7.84. The lowest BCUT2D eigenvalue weighted by Gasteiger charge is -1.92. The van der Waals surface area contributed by atoms with Crippen molar-refractivity contribution in [2.75, 3.05) is 35.5 Å². The molecule has 5 aromatic carbocycles. The van der Waals surface area contributed by atoms with Crippen LogP contribution in [0.15, 0.2) is 127 Å². The second-order valence-corrected chi connectivity index (χ2v) is 6.03. The molecule has 37 heavy (non-hydrogen) atoms. The topological polar surface area (TPSA) is 121 Å². The third-order valence-electron chi connectivity index (χ3n) is 4.07. The molecule has 0 heterocycles. The van der Waals surface area contributed by atoms with E-state index >= 15 is 0 Å². The van der Waals surface area contributed by atoms with E-state index in [4.69, 9.17) is 30.6 Å². The number of hydrogen-bond donors (Lipinski definition) is 6. The molecule has 0 saturated carbocycles. The summed E-state index contributed by atoms with van der Waals surface area (Å²) in [5.74, 6) is 0.322. The fourth-order valence-electron chi connectivity index (χ4n) is 2.69. The summed E-state index contributed by atoms with van der Waals surface area (Å²) < 4.78 is 0. The van der Waals surface area contributed by atoms with Crippen LogP contribution in [0.25, 0.3) is 21.5 Å². The molecule has 0 aliphatic rings. The van der Waals surface area contributed by atoms with E-state index in [1.165, 1.54) is 21.5 Å². The summed E-state index contributed by atoms with van der Waals surface area (Å²) in [6.45, 7) is 0. The van der Waals surface area contributed by atoms with E-state index in [0.29, 0.717) is 5.75 Å². The van der Waals surface area contributed by atoms with Gasteiger partial charge < -0.3 is 30.6 Å². The lowest BCUT2D eigenvalue weighted by atomic mass is 10.1. The van der Waals surface area contributed by atoms with E-state index in [9.17, 15) is 0 Å². The van der Waals surface area contributed by atoms with Gasteiger partial charge in [0.1, 0.15) is 5.75 Å². The number of hydrogen-bond acceptors (Lipinski definition) is 6. The molecule has 0 saturated heterocycles. The zero-order valence-electron chi connectivity index (χ0n) is 22.3. The Kier molecular flexibility index (Phi) is 30.9. The van der Waals surface area contributed by atoms with E-state index in [1.807, 2.05) is 6.07 Å². The van der Waals surface area contributed by atoms with Crippen LogP contribution in [-0.4, -0.2) is 66.2 Å². The lowest BCUT2D eigenvalue weighted by molar-refractivity contribution is 0.399. The van der Waals surface area contributed by atoms with Crippen LogP contribution < -0.4 is 0 Å². The Balaban J connectivity index is -0.000000405. The smallest absolute Gasteiger partial charge is 0.115 e. The van der Waals surface area contributed by atoms with Crippen LogP contribution in [0.3, 0.4) is 0 Å². The molecule has 6 nitrogen and oxygen atoms in total. The number of aliphatic hydroxyl groups is 5. The number of aromatic hydroxyl groups is 1. The van der Waals surface area contributed by atoms with Crippen LogP contribution in [-0.2, 0) is 0 Å². The molecule has 202 valence electrons. The summed E-state index contributed by atoms with van der Waals surface area (Å²) in [5, 5.41) is 48.9. The minimum absolute atomic E-state index is 0.322. The summed E-state index contributed by atoms with van der Waals surface area (Å²) in [7, 11) is 5.00. The minimum Gasteiger partial charge on any atom is -0.508 e. The van der Waals surface area contributed by atoms with Gasteiger partial charge in [0.25, 0.3) is 0 Å². The van der Waals surface area contributed by atoms with Crippen LogP contribution in [0.2, 0.25) is 0 Å². The van der Waals surface area contributed by atoms with Gasteiger partial charge in [-0.1, -0.05) is 115 Å². The number of para-hydroxylation sites is 1. The van der Waals surface area contributed by atoms with Crippen LogP contribution in [0.1, 0.15) is 0 Å². The highest BCUT2D eigenvalue weighted by Gasteiger charge is 1.86. The Morgan fingerprint density at radius 1 is 0.270 bits per heavy atom. The first kappa shape index (κ1) is 37.8. The number of phenols is 1. The molecule has 6 N–H and O–H groups in total. The summed E-state index contributed by atoms with van der Waals surface area (Å²) in [4.78, 5) is 0. The average molecular weight is 511 g/mol. The van der Waals surface area contributed by atoms with Gasteiger partial charge in [0.2, 0.25) is 0 Å². The van der Waals surface area contributed by atoms with Crippen molar-refractivity contribution in [1.29, 1.82) is 0 Å². The molecule has 5 rings (SSSR count). The minimum atomic E-state index is 0.322. The molecule has 0 aliphatic carbocycles. The van der Waals surface area contributed by atoms with Crippen molar-refractivity contribution in [3.05, 3.63) is 127 Å². The standard InChI is InChI=1S/2C10H8.C6H6O.5CH4O/c2*1-2-6-10-8-4-3-7-9(10)5-1;7-6-4-2-1-3-5-6;5*1-2/h2*1-8H;1-5,7H;5*2H,1H3. The van der Waals surface area contributed by atoms with Gasteiger partial charge in [-0.15, -0.1) is 0 Å². The predicted molar refractivity (Wildman–Crippen MR) is 157 cm³/mol. The van der Waals surface area contributed by atoms with Gasteiger partial charge in [-0.2, -0.15) is 0 Å². The molecule has 0 unspecified atom stereocenters. The molecular formula is C31H42O6. The molecular weight excluding hydrogens is 468 g/mol. The van der Waals surface area contributed by atoms with Gasteiger partial charge >= 0.3 is 0 Å². The van der Waals surface area contributed by atoms with Crippen LogP contribution >= 0.6 is 0 Å². The molecule has 6 heteroatoms. The highest BCUT2D eigenvalue weighted by atomic mass is 16.3. The summed E-state index contributed by atoms with van der Waals surface area (Å²) in [6.07, 6.45) is 0. The van der Waals surface area contributed by atoms with E-state index < -0.39 is 0 Å². The molecule has 0 spiro atoms. The van der Waals surface area contributed by atoms with Crippen molar-refractivity contribution in [3.8, 4) is 5.75 Å². The lowest BCUT2D eigenvalue weighted by Crippen LogP contribution is -1.67. The number of aliphatic hydroxyl groups excluding tert-OH is 5. The monoisotopic (exact) mass is 510 g/mol. The Morgan fingerprint density at radius 2 is 0.432 bits per heavy atom. The van der Waals surface area contributed by atoms with E-state index in [0.717, 1.165) is 35.5 Å². The first-order valence-corrected chi connectivity index (χ1v) is 11.2. The molecule has 0 bridgehead atoms. The molecule has 0 aliphatic heterocycles. The summed E-state index contributed by atoms with van der Waals surface area (Å²) >= 11 is 0. The number of phenolic OH excluding ortho intramolecular Hbond substituents is 1. The van der Waals surface area contributed by atoms with Gasteiger partial charge in [0.05, 0.1) is 0 Å². The molecule has 0 radical (unpaired) electrons. The molecule has 0 atom stereocenters. The predicted octanol–water partition coefficient (Wildman–Crippen LogP) is 5.11. The third-order valence-corrected chi connectivity index (χ3v) is 4.07. The van der Waals surface area contributed by atoms with Gasteiger partial charge in [0.15, 0.2) is 0 Å². The van der Waals surface area contributed by atoms with Gasteiger partial charge in [0, 0.05) is 35.5 Å². The Bertz CT molecular complexity index is 900. The summed E-state index contributed by atoms with van der Waals surface area (Å²) in [5.41, 5.74) is 0. The third kappa shape index (κ3) is 18.2. The highest BCUT2D eigenvalue weighted by molar-refractivity contribution is 5.82. The fraction of sp³-hybridized carbons (Fsp3) is 0.161. The number of benzene rings is 5. The highest BCUT2D eigenvalue weighted by Crippen LogP contribution is 2.12. The van der Waals surface area contributed by atoms with Crippen LogP contribution in [0, 0.1) is 0 Å². The average Bonchev–Trinajstić information content (AvgIpc) is 3.03. The van der Waals surface area contributed by atoms with Crippen molar-refractivity contribution in [2.24, 2.45) is 0 Å². The van der Waals surface area contributed by atoms with Crippen molar-refractivity contribution in [3.63, 3.8) is 0 Å². The van der Waals surface area contributed by atoms with E-state index in [-0.39, 0.29) is 0 Å². The largest absolute Gasteiger partial charge is 0.508 e. The molecule has 0 aromatic heterocycles. The van der Waals surface area contributed by atoms with Crippen molar-refractivity contribution < 1.29 is 30.6 Å². The maximum atomic E-state index is 8.63. The van der Waals surface area contributed by atoms with E-state index in [2.05, 4.69) is 97.1 Å². The fourth-order valence-corrected chi connectivity index (χ4v) is 2.69. The first-order chi connectivity index (χ1) is 18.3. The zero-order chi connectivity index (χ0) is 28.7. The quantitative estimate of drug-likeness (QED) is 0.172. The second kappa shape index (κ2) is 30.3. The van der Waals surface area contributed by atoms with Crippen molar-refractivity contribution in [1.82, 2.24) is 0 Å². The van der Waals surface area contributed by atoms with Gasteiger partial charge in [-0.25, -0.2) is 0 Å². The van der Waals surface area contributed by atoms with Crippen molar-refractivity contribution >= 4 is 21.5 Å². The Morgan fingerprint density at radius 3 is 0.568 bits per heavy atom. The van der Waals surface area contributed by atoms with Crippen LogP contribution in [0.5, 0.6) is 5.75 Å². The van der Waals surface area contributed by atoms with Gasteiger partial charge in [-0.3, -0.25) is 0 Å². The molecule has 0 amide bonds. The van der Waals surface area contributed by atoms with Crippen molar-refractivity contribution in [2.45, 2.75) is 0 Å². The maximum Gasteiger partial charge on any atom is 0.115 e. The Labute approximate surface area is 221 Å². The molecule has 0 fully saturated rings. The molecule has 5 aromatic rings. The van der Waals surface area contributed by atoms with Gasteiger partial charge in [-0.05, 0) is 33.7 Å². The number of fused-ring (bicyclic) bond motifs is 2. The SMILES string of the molecule is CO.CO.CO.CO.CO.Oc1ccccc1.c1ccc2ccccc2c1.c1ccc2ccccc2c1. The Hall–Kier alpha value is -3.78. The second-order valence-electron chi connectivity index (χ2n) is 6.03. The first-order valence-electron chi connectivity index (χ1n) is 11.2. The zero-order valence-corrected chi connectivity index (χ0v) is 22.3. The van der Waals surface area contributed by atoms with E-state index in [1.54, 1.807) is 24.3 Å².